The van der Waals surface area contributed by atoms with Crippen molar-refractivity contribution in [1.29, 1.82) is 0 Å². The SMILES string of the molecule is CC1CCN(C(=O)C(C)(C)c2ccccc2)CC1.CCCOc1ccc(C(=O)N(C)C)c(Cl)c1. The molecule has 0 bridgehead atoms. The van der Waals surface area contributed by atoms with E-state index in [4.69, 9.17) is 16.3 Å². The van der Waals surface area contributed by atoms with Crippen LogP contribution in [0.3, 0.4) is 0 Å². The van der Waals surface area contributed by atoms with Crippen molar-refractivity contribution in [2.75, 3.05) is 33.8 Å². The molecule has 0 atom stereocenters. The van der Waals surface area contributed by atoms with E-state index in [9.17, 15) is 9.59 Å². The Kier molecular flexibility index (Phi) is 10.4. The fraction of sp³-hybridized carbons (Fsp3) is 0.500. The third-order valence-corrected chi connectivity index (χ3v) is 6.46. The van der Waals surface area contributed by atoms with E-state index in [1.165, 1.54) is 4.90 Å². The van der Waals surface area contributed by atoms with E-state index in [1.54, 1.807) is 32.3 Å². The minimum absolute atomic E-state index is 0.105. The number of likely N-dealkylation sites (tertiary alicyclic amines) is 1. The Morgan fingerprint density at radius 1 is 1.09 bits per heavy atom. The quantitative estimate of drug-likeness (QED) is 0.499. The molecule has 0 aliphatic carbocycles. The van der Waals surface area contributed by atoms with Crippen molar-refractivity contribution < 1.29 is 14.3 Å². The second-order valence-corrected chi connectivity index (χ2v) is 10.1. The third-order valence-electron chi connectivity index (χ3n) is 6.15. The lowest BCUT2D eigenvalue weighted by Crippen LogP contribution is -2.46. The van der Waals surface area contributed by atoms with Gasteiger partial charge in [-0.25, -0.2) is 0 Å². The van der Waals surface area contributed by atoms with Crippen LogP contribution in [0.4, 0.5) is 0 Å². The molecule has 3 rings (SSSR count). The maximum atomic E-state index is 12.7. The summed E-state index contributed by atoms with van der Waals surface area (Å²) in [5, 5.41) is 0.423. The van der Waals surface area contributed by atoms with E-state index in [0.29, 0.717) is 22.9 Å². The van der Waals surface area contributed by atoms with Gasteiger partial charge in [-0.2, -0.15) is 0 Å². The predicted molar refractivity (Wildman–Crippen MR) is 140 cm³/mol. The molecule has 0 aromatic heterocycles. The average molecular weight is 487 g/mol. The molecule has 0 N–H and O–H groups in total. The molecular weight excluding hydrogens is 448 g/mol. The zero-order valence-corrected chi connectivity index (χ0v) is 22.2. The van der Waals surface area contributed by atoms with Gasteiger partial charge in [0.05, 0.1) is 22.6 Å². The van der Waals surface area contributed by atoms with Gasteiger partial charge in [0.2, 0.25) is 5.91 Å². The van der Waals surface area contributed by atoms with E-state index in [1.807, 2.05) is 56.0 Å². The number of piperidine rings is 1. The van der Waals surface area contributed by atoms with Crippen molar-refractivity contribution in [3.8, 4) is 5.75 Å². The Bertz CT molecular complexity index is 936. The lowest BCUT2D eigenvalue weighted by molar-refractivity contribution is -0.137. The van der Waals surface area contributed by atoms with Crippen LogP contribution < -0.4 is 4.74 Å². The number of rotatable bonds is 6. The fourth-order valence-electron chi connectivity index (χ4n) is 3.81. The topological polar surface area (TPSA) is 49.9 Å². The predicted octanol–water partition coefficient (Wildman–Crippen LogP) is 6.05. The van der Waals surface area contributed by atoms with E-state index in [-0.39, 0.29) is 11.8 Å². The monoisotopic (exact) mass is 486 g/mol. The molecule has 5 nitrogen and oxygen atoms in total. The molecule has 0 saturated carbocycles. The summed E-state index contributed by atoms with van der Waals surface area (Å²) in [5.41, 5.74) is 1.19. The maximum Gasteiger partial charge on any atom is 0.254 e. The van der Waals surface area contributed by atoms with Gasteiger partial charge in [0.25, 0.3) is 5.91 Å². The van der Waals surface area contributed by atoms with Crippen molar-refractivity contribution >= 4 is 23.4 Å². The second-order valence-electron chi connectivity index (χ2n) is 9.66. The fourth-order valence-corrected chi connectivity index (χ4v) is 4.06. The highest BCUT2D eigenvalue weighted by molar-refractivity contribution is 6.34. The molecular formula is C28H39ClN2O3. The van der Waals surface area contributed by atoms with Crippen molar-refractivity contribution in [2.45, 2.75) is 52.4 Å². The van der Waals surface area contributed by atoms with Crippen LogP contribution in [0.25, 0.3) is 0 Å². The molecule has 0 spiro atoms. The summed E-state index contributed by atoms with van der Waals surface area (Å²) < 4.78 is 5.42. The van der Waals surface area contributed by atoms with Crippen LogP contribution in [-0.4, -0.2) is 55.4 Å². The van der Waals surface area contributed by atoms with Gasteiger partial charge in [0.15, 0.2) is 0 Å². The lowest BCUT2D eigenvalue weighted by Gasteiger charge is -2.36. The van der Waals surface area contributed by atoms with Gasteiger partial charge >= 0.3 is 0 Å². The third kappa shape index (κ3) is 7.49. The van der Waals surface area contributed by atoms with E-state index >= 15 is 0 Å². The second kappa shape index (κ2) is 12.8. The van der Waals surface area contributed by atoms with Gasteiger partial charge in [0, 0.05) is 27.2 Å². The van der Waals surface area contributed by atoms with Crippen LogP contribution in [0.2, 0.25) is 5.02 Å². The highest BCUT2D eigenvalue weighted by Gasteiger charge is 2.34. The molecule has 1 aliphatic heterocycles. The number of nitrogens with zero attached hydrogens (tertiary/aromatic N) is 2. The first-order valence-electron chi connectivity index (χ1n) is 12.1. The molecule has 0 unspecified atom stereocenters. The number of halogens is 1. The number of hydrogen-bond acceptors (Lipinski definition) is 3. The van der Waals surface area contributed by atoms with Gasteiger partial charge in [-0.05, 0) is 62.8 Å². The number of amides is 2. The molecule has 6 heteroatoms. The van der Waals surface area contributed by atoms with Crippen LogP contribution in [0.1, 0.15) is 62.9 Å². The number of benzene rings is 2. The molecule has 2 aromatic carbocycles. The highest BCUT2D eigenvalue weighted by Crippen LogP contribution is 2.28. The maximum absolute atomic E-state index is 12.7. The Morgan fingerprint density at radius 2 is 1.71 bits per heavy atom. The van der Waals surface area contributed by atoms with Crippen LogP contribution in [0.15, 0.2) is 48.5 Å². The summed E-state index contributed by atoms with van der Waals surface area (Å²) in [7, 11) is 3.39. The number of carbonyl (C=O) groups excluding carboxylic acids is 2. The Labute approximate surface area is 210 Å². The Morgan fingerprint density at radius 3 is 2.24 bits per heavy atom. The summed E-state index contributed by atoms with van der Waals surface area (Å²) in [4.78, 5) is 27.9. The van der Waals surface area contributed by atoms with Gasteiger partial charge in [-0.15, -0.1) is 0 Å². The first kappa shape index (κ1) is 27.7. The smallest absolute Gasteiger partial charge is 0.254 e. The molecule has 1 saturated heterocycles. The molecule has 186 valence electrons. The Balaban J connectivity index is 0.000000242. The molecule has 2 aromatic rings. The van der Waals surface area contributed by atoms with Crippen molar-refractivity contribution in [1.82, 2.24) is 9.80 Å². The summed E-state index contributed by atoms with van der Waals surface area (Å²) in [5.74, 6) is 1.61. The normalized spacial score (nSPS) is 14.1. The average Bonchev–Trinajstić information content (AvgIpc) is 2.83. The van der Waals surface area contributed by atoms with E-state index < -0.39 is 5.41 Å². The summed E-state index contributed by atoms with van der Waals surface area (Å²) >= 11 is 6.02. The standard InChI is InChI=1S/C16H23NO.C12H16ClNO2/c1-13-9-11-17(12-10-13)15(18)16(2,3)14-7-5-4-6-8-14;1-4-7-16-9-5-6-10(11(13)8-9)12(15)14(2)3/h4-8,13H,9-12H2,1-3H3;5-6,8H,4,7H2,1-3H3. The van der Waals surface area contributed by atoms with E-state index in [0.717, 1.165) is 43.8 Å². The summed E-state index contributed by atoms with van der Waals surface area (Å²) in [6.45, 7) is 10.8. The zero-order valence-electron chi connectivity index (χ0n) is 21.4. The van der Waals surface area contributed by atoms with Gasteiger partial charge < -0.3 is 14.5 Å². The van der Waals surface area contributed by atoms with Crippen LogP contribution in [-0.2, 0) is 10.2 Å². The largest absolute Gasteiger partial charge is 0.494 e. The van der Waals surface area contributed by atoms with Gasteiger partial charge in [-0.1, -0.05) is 55.8 Å². The van der Waals surface area contributed by atoms with Crippen LogP contribution in [0.5, 0.6) is 5.75 Å². The molecule has 1 aliphatic rings. The molecule has 1 fully saturated rings. The van der Waals surface area contributed by atoms with E-state index in [2.05, 4.69) is 6.92 Å². The van der Waals surface area contributed by atoms with Gasteiger partial charge in [-0.3, -0.25) is 9.59 Å². The van der Waals surface area contributed by atoms with Gasteiger partial charge in [0.1, 0.15) is 5.75 Å². The van der Waals surface area contributed by atoms with Crippen LogP contribution >= 0.6 is 11.6 Å². The number of carbonyl (C=O) groups is 2. The lowest BCUT2D eigenvalue weighted by atomic mass is 9.82. The minimum atomic E-state index is -0.415. The van der Waals surface area contributed by atoms with Crippen molar-refractivity contribution in [3.05, 3.63) is 64.7 Å². The highest BCUT2D eigenvalue weighted by atomic mass is 35.5. The molecule has 0 radical (unpaired) electrons. The molecule has 1 heterocycles. The minimum Gasteiger partial charge on any atom is -0.494 e. The number of ether oxygens (including phenoxy) is 1. The summed E-state index contributed by atoms with van der Waals surface area (Å²) in [6, 6.07) is 15.2. The van der Waals surface area contributed by atoms with Crippen molar-refractivity contribution in [3.63, 3.8) is 0 Å². The molecule has 34 heavy (non-hydrogen) atoms. The number of hydrogen-bond donors (Lipinski definition) is 0. The zero-order chi connectivity index (χ0) is 25.3. The van der Waals surface area contributed by atoms with Crippen LogP contribution in [0, 0.1) is 5.92 Å². The first-order chi connectivity index (χ1) is 16.1. The Hall–Kier alpha value is -2.53. The summed E-state index contributed by atoms with van der Waals surface area (Å²) in [6.07, 6.45) is 3.21. The first-order valence-corrected chi connectivity index (χ1v) is 12.4. The van der Waals surface area contributed by atoms with Crippen molar-refractivity contribution in [2.24, 2.45) is 5.92 Å². The molecule has 2 amide bonds.